The van der Waals surface area contributed by atoms with Crippen molar-refractivity contribution in [1.82, 2.24) is 14.8 Å². The number of hydrogen-bond acceptors (Lipinski definition) is 4. The van der Waals surface area contributed by atoms with Crippen molar-refractivity contribution < 1.29 is 9.59 Å². The van der Waals surface area contributed by atoms with Gasteiger partial charge >= 0.3 is 0 Å². The van der Waals surface area contributed by atoms with Crippen molar-refractivity contribution in [2.75, 3.05) is 4.90 Å². The van der Waals surface area contributed by atoms with Crippen LogP contribution in [0.15, 0.2) is 30.6 Å². The molecule has 20 heavy (non-hydrogen) atoms. The number of Topliss-reactive ketones (excluding diaryl/α,β-unsaturated/α-hetero) is 1. The van der Waals surface area contributed by atoms with Crippen molar-refractivity contribution in [3.05, 3.63) is 42.0 Å². The van der Waals surface area contributed by atoms with Gasteiger partial charge in [-0.2, -0.15) is 5.10 Å². The van der Waals surface area contributed by atoms with Crippen LogP contribution in [0, 0.1) is 0 Å². The number of hydrogen-bond donors (Lipinski definition) is 0. The first-order valence-electron chi connectivity index (χ1n) is 6.54. The van der Waals surface area contributed by atoms with Crippen LogP contribution < -0.4 is 4.90 Å². The number of fused-ring (bicyclic) bond motifs is 1. The van der Waals surface area contributed by atoms with Gasteiger partial charge in [0.15, 0.2) is 0 Å². The van der Waals surface area contributed by atoms with Gasteiger partial charge in [0.05, 0.1) is 17.8 Å². The molecule has 0 spiro atoms. The van der Waals surface area contributed by atoms with Crippen LogP contribution in [-0.2, 0) is 17.9 Å². The zero-order valence-electron chi connectivity index (χ0n) is 11.1. The van der Waals surface area contributed by atoms with E-state index in [-0.39, 0.29) is 6.54 Å². The van der Waals surface area contributed by atoms with Crippen LogP contribution in [0.2, 0.25) is 0 Å². The van der Waals surface area contributed by atoms with Crippen LogP contribution in [-0.4, -0.2) is 26.5 Å². The van der Waals surface area contributed by atoms with Crippen LogP contribution in [0.25, 0.3) is 0 Å². The predicted molar refractivity (Wildman–Crippen MR) is 72.3 cm³/mol. The molecule has 1 amide bonds. The Morgan fingerprint density at radius 2 is 2.00 bits per heavy atom. The molecule has 0 atom stereocenters. The third-order valence-electron chi connectivity index (χ3n) is 3.31. The number of anilines is 1. The first kappa shape index (κ1) is 12.5. The SMILES string of the molecule is CCCn1ncnc1CN1C(=O)C(=O)c2ccccc21. The van der Waals surface area contributed by atoms with Gasteiger partial charge in [-0.1, -0.05) is 19.1 Å². The Morgan fingerprint density at radius 3 is 2.80 bits per heavy atom. The van der Waals surface area contributed by atoms with Gasteiger partial charge in [-0.15, -0.1) is 0 Å². The van der Waals surface area contributed by atoms with Crippen LogP contribution in [0.3, 0.4) is 0 Å². The summed E-state index contributed by atoms with van der Waals surface area (Å²) in [7, 11) is 0. The second-order valence-electron chi connectivity index (χ2n) is 4.64. The zero-order chi connectivity index (χ0) is 14.1. The van der Waals surface area contributed by atoms with E-state index in [0.717, 1.165) is 13.0 Å². The molecule has 2 aromatic rings. The third kappa shape index (κ3) is 1.89. The van der Waals surface area contributed by atoms with Crippen molar-refractivity contribution in [1.29, 1.82) is 0 Å². The minimum Gasteiger partial charge on any atom is -0.297 e. The van der Waals surface area contributed by atoms with Crippen molar-refractivity contribution in [3.63, 3.8) is 0 Å². The van der Waals surface area contributed by atoms with Gasteiger partial charge in [-0.3, -0.25) is 14.5 Å². The second-order valence-corrected chi connectivity index (χ2v) is 4.64. The summed E-state index contributed by atoms with van der Waals surface area (Å²) in [6.45, 7) is 3.06. The van der Waals surface area contributed by atoms with E-state index in [9.17, 15) is 9.59 Å². The van der Waals surface area contributed by atoms with Gasteiger partial charge in [0.25, 0.3) is 11.7 Å². The summed E-state index contributed by atoms with van der Waals surface area (Å²) in [6.07, 6.45) is 2.40. The summed E-state index contributed by atoms with van der Waals surface area (Å²) in [5, 5.41) is 4.13. The Bertz CT molecular complexity index is 677. The van der Waals surface area contributed by atoms with E-state index in [1.165, 1.54) is 11.2 Å². The standard InChI is InChI=1S/C14H14N4O2/c1-2-7-18-12(15-9-16-18)8-17-11-6-4-3-5-10(11)13(19)14(17)20/h3-6,9H,2,7-8H2,1H3. The molecule has 1 aromatic carbocycles. The summed E-state index contributed by atoms with van der Waals surface area (Å²) >= 11 is 0. The minimum absolute atomic E-state index is 0.265. The number of carbonyl (C=O) groups is 2. The second kappa shape index (κ2) is 4.88. The molecule has 6 heteroatoms. The number of ketones is 1. The Morgan fingerprint density at radius 1 is 1.20 bits per heavy atom. The van der Waals surface area contributed by atoms with E-state index in [4.69, 9.17) is 0 Å². The zero-order valence-corrected chi connectivity index (χ0v) is 11.1. The molecule has 2 heterocycles. The highest BCUT2D eigenvalue weighted by atomic mass is 16.2. The quantitative estimate of drug-likeness (QED) is 0.788. The lowest BCUT2D eigenvalue weighted by molar-refractivity contribution is -0.114. The lowest BCUT2D eigenvalue weighted by Gasteiger charge is -2.16. The lowest BCUT2D eigenvalue weighted by atomic mass is 10.1. The summed E-state index contributed by atoms with van der Waals surface area (Å²) in [5.41, 5.74) is 1.10. The molecule has 6 nitrogen and oxygen atoms in total. The Balaban J connectivity index is 1.93. The molecule has 0 saturated heterocycles. The fourth-order valence-corrected chi connectivity index (χ4v) is 2.36. The maximum Gasteiger partial charge on any atom is 0.299 e. The molecule has 0 unspecified atom stereocenters. The fraction of sp³-hybridized carbons (Fsp3) is 0.286. The molecule has 1 aromatic heterocycles. The number of nitrogens with zero attached hydrogens (tertiary/aromatic N) is 4. The summed E-state index contributed by atoms with van der Waals surface area (Å²) in [5.74, 6) is -0.274. The maximum absolute atomic E-state index is 12.1. The van der Waals surface area contributed by atoms with E-state index in [0.29, 0.717) is 17.1 Å². The van der Waals surface area contributed by atoms with Gasteiger partial charge in [0.1, 0.15) is 12.2 Å². The van der Waals surface area contributed by atoms with E-state index < -0.39 is 11.7 Å². The van der Waals surface area contributed by atoms with Crippen LogP contribution in [0.4, 0.5) is 5.69 Å². The highest BCUT2D eigenvalue weighted by molar-refractivity contribution is 6.52. The van der Waals surface area contributed by atoms with Gasteiger partial charge in [-0.05, 0) is 18.6 Å². The lowest BCUT2D eigenvalue weighted by Crippen LogP contribution is -2.30. The van der Waals surface area contributed by atoms with Gasteiger partial charge < -0.3 is 0 Å². The highest BCUT2D eigenvalue weighted by Crippen LogP contribution is 2.29. The smallest absolute Gasteiger partial charge is 0.297 e. The number of carbonyl (C=O) groups excluding carboxylic acids is 2. The summed E-state index contributed by atoms with van der Waals surface area (Å²) < 4.78 is 1.76. The van der Waals surface area contributed by atoms with Gasteiger partial charge in [-0.25, -0.2) is 9.67 Å². The van der Waals surface area contributed by atoms with Crippen molar-refractivity contribution >= 4 is 17.4 Å². The van der Waals surface area contributed by atoms with E-state index in [1.807, 2.05) is 13.0 Å². The number of benzene rings is 1. The van der Waals surface area contributed by atoms with Crippen molar-refractivity contribution in [2.24, 2.45) is 0 Å². The first-order valence-corrected chi connectivity index (χ1v) is 6.54. The molecule has 0 N–H and O–H groups in total. The van der Waals surface area contributed by atoms with Crippen LogP contribution in [0.1, 0.15) is 29.5 Å². The molecule has 1 aliphatic heterocycles. The number of rotatable bonds is 4. The fourth-order valence-electron chi connectivity index (χ4n) is 2.36. The largest absolute Gasteiger partial charge is 0.299 e. The number of amides is 1. The Hall–Kier alpha value is -2.50. The van der Waals surface area contributed by atoms with Gasteiger partial charge in [0.2, 0.25) is 0 Å². The number of aryl methyl sites for hydroxylation is 1. The average Bonchev–Trinajstić information content (AvgIpc) is 2.99. The number of aromatic nitrogens is 3. The molecule has 0 radical (unpaired) electrons. The molecule has 0 fully saturated rings. The topological polar surface area (TPSA) is 68.1 Å². The monoisotopic (exact) mass is 270 g/mol. The third-order valence-corrected chi connectivity index (χ3v) is 3.31. The molecule has 1 aliphatic rings. The minimum atomic E-state index is -0.503. The van der Waals surface area contributed by atoms with E-state index in [1.54, 1.807) is 22.9 Å². The molecule has 102 valence electrons. The molecular weight excluding hydrogens is 256 g/mol. The molecule has 0 saturated carbocycles. The van der Waals surface area contributed by atoms with Crippen molar-refractivity contribution in [3.8, 4) is 0 Å². The number of para-hydroxylation sites is 1. The Kier molecular flexibility index (Phi) is 3.06. The molecular formula is C14H14N4O2. The average molecular weight is 270 g/mol. The van der Waals surface area contributed by atoms with Crippen LogP contribution in [0.5, 0.6) is 0 Å². The van der Waals surface area contributed by atoms with Crippen LogP contribution >= 0.6 is 0 Å². The normalized spacial score (nSPS) is 13.9. The first-order chi connectivity index (χ1) is 9.72. The van der Waals surface area contributed by atoms with Crippen molar-refractivity contribution in [2.45, 2.75) is 26.4 Å². The molecule has 0 aliphatic carbocycles. The van der Waals surface area contributed by atoms with Gasteiger partial charge in [0, 0.05) is 6.54 Å². The predicted octanol–water partition coefficient (Wildman–Crippen LogP) is 1.42. The maximum atomic E-state index is 12.1. The molecule has 3 rings (SSSR count). The Labute approximate surface area is 116 Å². The summed E-state index contributed by atoms with van der Waals surface area (Å²) in [6, 6.07) is 7.02. The molecule has 0 bridgehead atoms. The van der Waals surface area contributed by atoms with E-state index in [2.05, 4.69) is 10.1 Å². The summed E-state index contributed by atoms with van der Waals surface area (Å²) in [4.78, 5) is 29.6. The highest BCUT2D eigenvalue weighted by Gasteiger charge is 2.36. The van der Waals surface area contributed by atoms with E-state index >= 15 is 0 Å².